The van der Waals surface area contributed by atoms with Gasteiger partial charge >= 0.3 is 6.03 Å². The van der Waals surface area contributed by atoms with E-state index in [0.29, 0.717) is 12.4 Å². The number of benzene rings is 1. The standard InChI is InChI=1S/C20H20N6O2/c1-10(2)25-15-8-22-20(27)26-13-5-4-12(28-3)6-11(13)7-14(26)16(15)17-18(21)23-9-24-19(17)25/h4-7,9-10H,8H2,1-3H3,(H,22,27)(H2,21,23,24). The van der Waals surface area contributed by atoms with Crippen LogP contribution in [0.4, 0.5) is 10.6 Å². The number of hydrogen-bond donors (Lipinski definition) is 2. The molecule has 5 rings (SSSR count). The minimum absolute atomic E-state index is 0.147. The molecule has 0 saturated carbocycles. The summed E-state index contributed by atoms with van der Waals surface area (Å²) in [5.41, 5.74) is 10.5. The first-order valence-corrected chi connectivity index (χ1v) is 9.12. The monoisotopic (exact) mass is 376 g/mol. The molecule has 8 nitrogen and oxygen atoms in total. The number of hydrogen-bond acceptors (Lipinski definition) is 5. The second-order valence-electron chi connectivity index (χ2n) is 7.19. The number of aromatic nitrogens is 4. The Bertz CT molecular complexity index is 1270. The van der Waals surface area contributed by atoms with Gasteiger partial charge in [-0.15, -0.1) is 0 Å². The molecular formula is C20H20N6O2. The quantitative estimate of drug-likeness (QED) is 0.559. The zero-order valence-corrected chi connectivity index (χ0v) is 15.9. The minimum atomic E-state index is -0.176. The van der Waals surface area contributed by atoms with Crippen molar-refractivity contribution in [1.82, 2.24) is 24.4 Å². The number of nitrogens with two attached hydrogens (primary N) is 1. The zero-order valence-electron chi connectivity index (χ0n) is 15.9. The van der Waals surface area contributed by atoms with Gasteiger partial charge in [-0.3, -0.25) is 4.57 Å². The van der Waals surface area contributed by atoms with Crippen LogP contribution in [0.2, 0.25) is 0 Å². The lowest BCUT2D eigenvalue weighted by molar-refractivity contribution is 0.243. The van der Waals surface area contributed by atoms with Gasteiger partial charge in [-0.1, -0.05) is 0 Å². The van der Waals surface area contributed by atoms with E-state index >= 15 is 0 Å². The zero-order chi connectivity index (χ0) is 19.6. The highest BCUT2D eigenvalue weighted by Crippen LogP contribution is 2.42. The first-order valence-electron chi connectivity index (χ1n) is 9.12. The van der Waals surface area contributed by atoms with Gasteiger partial charge in [0.2, 0.25) is 0 Å². The van der Waals surface area contributed by atoms with Gasteiger partial charge in [-0.2, -0.15) is 0 Å². The number of rotatable bonds is 2. The molecule has 0 bridgehead atoms. The van der Waals surface area contributed by atoms with Gasteiger partial charge < -0.3 is 20.4 Å². The van der Waals surface area contributed by atoms with Crippen molar-refractivity contribution >= 4 is 33.8 Å². The summed E-state index contributed by atoms with van der Waals surface area (Å²) in [6, 6.07) is 7.63. The van der Waals surface area contributed by atoms with E-state index in [1.165, 1.54) is 6.33 Å². The summed E-state index contributed by atoms with van der Waals surface area (Å²) in [4.78, 5) is 21.7. The van der Waals surface area contributed by atoms with Gasteiger partial charge in [-0.25, -0.2) is 14.8 Å². The molecule has 3 N–H and O–H groups in total. The first-order chi connectivity index (χ1) is 13.5. The summed E-state index contributed by atoms with van der Waals surface area (Å²) in [5.74, 6) is 1.14. The largest absolute Gasteiger partial charge is 0.497 e. The molecule has 0 spiro atoms. The molecule has 1 aromatic carbocycles. The lowest BCUT2D eigenvalue weighted by atomic mass is 10.1. The maximum Gasteiger partial charge on any atom is 0.326 e. The Morgan fingerprint density at radius 2 is 2.07 bits per heavy atom. The van der Waals surface area contributed by atoms with E-state index in [4.69, 9.17) is 10.5 Å². The van der Waals surface area contributed by atoms with Gasteiger partial charge in [0.1, 0.15) is 23.5 Å². The highest BCUT2D eigenvalue weighted by Gasteiger charge is 2.30. The van der Waals surface area contributed by atoms with E-state index in [1.807, 2.05) is 24.3 Å². The molecule has 142 valence electrons. The highest BCUT2D eigenvalue weighted by molar-refractivity contribution is 6.08. The molecule has 4 aromatic rings. The Morgan fingerprint density at radius 1 is 1.25 bits per heavy atom. The second kappa shape index (κ2) is 5.72. The van der Waals surface area contributed by atoms with Crippen LogP contribution in [0.25, 0.3) is 33.2 Å². The Hall–Kier alpha value is -3.55. The van der Waals surface area contributed by atoms with Crippen LogP contribution in [0.3, 0.4) is 0 Å². The number of fused-ring (bicyclic) bond motifs is 7. The van der Waals surface area contributed by atoms with Crippen LogP contribution >= 0.6 is 0 Å². The Morgan fingerprint density at radius 3 is 2.82 bits per heavy atom. The number of nitrogens with one attached hydrogen (secondary N) is 1. The summed E-state index contributed by atoms with van der Waals surface area (Å²) in [6.07, 6.45) is 1.48. The molecule has 0 aliphatic carbocycles. The van der Waals surface area contributed by atoms with Crippen LogP contribution < -0.4 is 15.8 Å². The van der Waals surface area contributed by atoms with Crippen LogP contribution in [-0.2, 0) is 6.54 Å². The van der Waals surface area contributed by atoms with Crippen LogP contribution in [0.15, 0.2) is 30.6 Å². The summed E-state index contributed by atoms with van der Waals surface area (Å²) in [6.45, 7) is 4.57. The lowest BCUT2D eigenvalue weighted by Crippen LogP contribution is -2.27. The van der Waals surface area contributed by atoms with Gasteiger partial charge in [0.25, 0.3) is 0 Å². The Kier molecular flexibility index (Phi) is 3.39. The van der Waals surface area contributed by atoms with Crippen molar-refractivity contribution < 1.29 is 9.53 Å². The van der Waals surface area contributed by atoms with E-state index in [0.717, 1.165) is 44.6 Å². The third-order valence-corrected chi connectivity index (χ3v) is 5.31. The van der Waals surface area contributed by atoms with E-state index in [1.54, 1.807) is 11.7 Å². The number of ether oxygens (including phenoxy) is 1. The van der Waals surface area contributed by atoms with Gasteiger partial charge in [0.15, 0.2) is 0 Å². The molecule has 3 aromatic heterocycles. The molecule has 8 heteroatoms. The molecule has 0 fully saturated rings. The fraction of sp³-hybridized carbons (Fsp3) is 0.250. The normalized spacial score (nSPS) is 13.5. The SMILES string of the molecule is COc1ccc2c(c1)cc1n2C(=O)NCc2c-1c1c(N)ncnc1n2C(C)C. The average molecular weight is 376 g/mol. The van der Waals surface area contributed by atoms with Gasteiger partial charge in [0, 0.05) is 22.7 Å². The number of anilines is 1. The fourth-order valence-electron chi connectivity index (χ4n) is 4.17. The lowest BCUT2D eigenvalue weighted by Gasteiger charge is -2.14. The number of methoxy groups -OCH3 is 1. The predicted molar refractivity (Wildman–Crippen MR) is 107 cm³/mol. The number of carbonyl (C=O) groups is 1. The number of nitrogens with zero attached hydrogens (tertiary/aromatic N) is 4. The first kappa shape index (κ1) is 16.6. The smallest absolute Gasteiger partial charge is 0.326 e. The molecular weight excluding hydrogens is 356 g/mol. The van der Waals surface area contributed by atoms with Crippen LogP contribution in [0, 0.1) is 0 Å². The molecule has 0 saturated heterocycles. The number of nitrogen functional groups attached to an aromatic ring is 1. The molecule has 1 aliphatic heterocycles. The van der Waals surface area contributed by atoms with Crippen LogP contribution in [0.1, 0.15) is 25.6 Å². The maximum absolute atomic E-state index is 13.0. The van der Waals surface area contributed by atoms with Gasteiger partial charge in [-0.05, 0) is 38.1 Å². The van der Waals surface area contributed by atoms with Crippen molar-refractivity contribution in [3.05, 3.63) is 36.3 Å². The molecule has 0 atom stereocenters. The average Bonchev–Trinajstić information content (AvgIpc) is 3.17. The predicted octanol–water partition coefficient (Wildman–Crippen LogP) is 3.30. The van der Waals surface area contributed by atoms with Crippen LogP contribution in [-0.4, -0.2) is 32.2 Å². The third-order valence-electron chi connectivity index (χ3n) is 5.31. The molecule has 28 heavy (non-hydrogen) atoms. The number of amides is 1. The van der Waals surface area contributed by atoms with Crippen molar-refractivity contribution in [3.8, 4) is 17.0 Å². The highest BCUT2D eigenvalue weighted by atomic mass is 16.5. The second-order valence-corrected chi connectivity index (χ2v) is 7.19. The summed E-state index contributed by atoms with van der Waals surface area (Å²) < 4.78 is 9.16. The Balaban J connectivity index is 1.96. The molecule has 0 radical (unpaired) electrons. The van der Waals surface area contributed by atoms with E-state index in [2.05, 4.69) is 33.7 Å². The summed E-state index contributed by atoms with van der Waals surface area (Å²) >= 11 is 0. The van der Waals surface area contributed by atoms with E-state index in [9.17, 15) is 4.79 Å². The van der Waals surface area contributed by atoms with E-state index < -0.39 is 0 Å². The Labute approximate surface area is 160 Å². The molecule has 1 aliphatic rings. The van der Waals surface area contributed by atoms with Crippen molar-refractivity contribution in [3.63, 3.8) is 0 Å². The fourth-order valence-corrected chi connectivity index (χ4v) is 4.17. The molecule has 4 heterocycles. The minimum Gasteiger partial charge on any atom is -0.497 e. The molecule has 1 amide bonds. The number of carbonyl (C=O) groups excluding carboxylic acids is 1. The van der Waals surface area contributed by atoms with E-state index in [-0.39, 0.29) is 12.1 Å². The van der Waals surface area contributed by atoms with Crippen molar-refractivity contribution in [1.29, 1.82) is 0 Å². The van der Waals surface area contributed by atoms with Crippen molar-refractivity contribution in [2.24, 2.45) is 0 Å². The topological polar surface area (TPSA) is 100.0 Å². The summed E-state index contributed by atoms with van der Waals surface area (Å²) in [5, 5.41) is 4.71. The van der Waals surface area contributed by atoms with Crippen molar-refractivity contribution in [2.45, 2.75) is 26.4 Å². The van der Waals surface area contributed by atoms with Crippen molar-refractivity contribution in [2.75, 3.05) is 12.8 Å². The van der Waals surface area contributed by atoms with Gasteiger partial charge in [0.05, 0.1) is 30.3 Å². The maximum atomic E-state index is 13.0. The third kappa shape index (κ3) is 2.08. The van der Waals surface area contributed by atoms with Crippen LogP contribution in [0.5, 0.6) is 5.75 Å². The summed E-state index contributed by atoms with van der Waals surface area (Å²) in [7, 11) is 1.63. The molecule has 0 unspecified atom stereocenters.